The van der Waals surface area contributed by atoms with Crippen LogP contribution in [0.2, 0.25) is 5.02 Å². The maximum Gasteiger partial charge on any atom is 0.224 e. The highest BCUT2D eigenvalue weighted by Gasteiger charge is 2.32. The maximum atomic E-state index is 12.7. The Balaban J connectivity index is 1.94. The van der Waals surface area contributed by atoms with Gasteiger partial charge in [0, 0.05) is 31.2 Å². The molecule has 0 aliphatic carbocycles. The summed E-state index contributed by atoms with van der Waals surface area (Å²) in [4.78, 5) is 14.3. The molecule has 1 unspecified atom stereocenters. The van der Waals surface area contributed by atoms with Crippen LogP contribution in [0.4, 0.5) is 0 Å². The standard InChI is InChI=1S/C17H26ClN3O3S/c1-20(2)11-9-19-17(22)15-4-3-10-21(12-15)25(23,24)13-14-5-7-16(18)8-6-14/h5-8,15H,3-4,9-13H2,1-2H3,(H,19,22). The van der Waals surface area contributed by atoms with Crippen molar-refractivity contribution >= 4 is 27.5 Å². The summed E-state index contributed by atoms with van der Waals surface area (Å²) < 4.78 is 26.8. The van der Waals surface area contributed by atoms with Gasteiger partial charge < -0.3 is 10.2 Å². The number of carbonyl (C=O) groups excluding carboxylic acids is 1. The van der Waals surface area contributed by atoms with Crippen molar-refractivity contribution in [3.8, 4) is 0 Å². The number of likely N-dealkylation sites (N-methyl/N-ethyl adjacent to an activating group) is 1. The molecule has 2 rings (SSSR count). The molecule has 1 heterocycles. The van der Waals surface area contributed by atoms with Crippen molar-refractivity contribution in [3.05, 3.63) is 34.9 Å². The van der Waals surface area contributed by atoms with Crippen LogP contribution >= 0.6 is 11.6 Å². The lowest BCUT2D eigenvalue weighted by Gasteiger charge is -2.31. The lowest BCUT2D eigenvalue weighted by atomic mass is 9.99. The Morgan fingerprint density at radius 3 is 2.64 bits per heavy atom. The number of benzene rings is 1. The second-order valence-electron chi connectivity index (χ2n) is 6.67. The molecule has 0 aromatic heterocycles. The summed E-state index contributed by atoms with van der Waals surface area (Å²) in [7, 11) is 0.437. The SMILES string of the molecule is CN(C)CCNC(=O)C1CCCN(S(=O)(=O)Cc2ccc(Cl)cc2)C1. The summed E-state index contributed by atoms with van der Waals surface area (Å²) in [6.07, 6.45) is 1.42. The predicted octanol–water partition coefficient (Wildman–Crippen LogP) is 1.56. The van der Waals surface area contributed by atoms with E-state index in [0.29, 0.717) is 30.1 Å². The van der Waals surface area contributed by atoms with Crippen LogP contribution in [-0.2, 0) is 20.6 Å². The Labute approximate surface area is 155 Å². The molecule has 1 aromatic rings. The molecule has 0 saturated carbocycles. The third-order valence-electron chi connectivity index (χ3n) is 4.27. The summed E-state index contributed by atoms with van der Waals surface area (Å²) in [6.45, 7) is 2.05. The van der Waals surface area contributed by atoms with E-state index in [-0.39, 0.29) is 24.1 Å². The van der Waals surface area contributed by atoms with E-state index in [9.17, 15) is 13.2 Å². The first-order valence-corrected chi connectivity index (χ1v) is 10.4. The first-order valence-electron chi connectivity index (χ1n) is 8.42. The number of nitrogens with zero attached hydrogens (tertiary/aromatic N) is 2. The van der Waals surface area contributed by atoms with Gasteiger partial charge in [0.05, 0.1) is 11.7 Å². The minimum atomic E-state index is -3.45. The number of nitrogens with one attached hydrogen (secondary N) is 1. The molecule has 1 aliphatic rings. The molecule has 6 nitrogen and oxygen atoms in total. The van der Waals surface area contributed by atoms with Crippen molar-refractivity contribution in [2.24, 2.45) is 5.92 Å². The Hall–Kier alpha value is -1.15. The number of halogens is 1. The molecule has 1 aliphatic heterocycles. The van der Waals surface area contributed by atoms with Gasteiger partial charge in [0.2, 0.25) is 15.9 Å². The van der Waals surface area contributed by atoms with Crippen LogP contribution in [0, 0.1) is 5.92 Å². The zero-order valence-corrected chi connectivity index (χ0v) is 16.3. The van der Waals surface area contributed by atoms with Crippen LogP contribution in [-0.4, -0.2) is 63.8 Å². The highest BCUT2D eigenvalue weighted by atomic mass is 35.5. The number of hydrogen-bond donors (Lipinski definition) is 1. The fraction of sp³-hybridized carbons (Fsp3) is 0.588. The first-order chi connectivity index (χ1) is 11.8. The van der Waals surface area contributed by atoms with Gasteiger partial charge in [0.15, 0.2) is 0 Å². The van der Waals surface area contributed by atoms with Crippen molar-refractivity contribution < 1.29 is 13.2 Å². The minimum absolute atomic E-state index is 0.0618. The molecule has 1 atom stereocenters. The Morgan fingerprint density at radius 1 is 1.32 bits per heavy atom. The summed E-state index contributed by atoms with van der Waals surface area (Å²) in [6, 6.07) is 6.80. The summed E-state index contributed by atoms with van der Waals surface area (Å²) >= 11 is 5.84. The number of carbonyl (C=O) groups is 1. The molecule has 1 aromatic carbocycles. The summed E-state index contributed by atoms with van der Waals surface area (Å²) in [5, 5.41) is 3.47. The molecule has 0 bridgehead atoms. The molecule has 1 amide bonds. The molecule has 0 radical (unpaired) electrons. The Bertz CT molecular complexity index is 677. The number of amides is 1. The highest BCUT2D eigenvalue weighted by molar-refractivity contribution is 7.88. The smallest absolute Gasteiger partial charge is 0.224 e. The predicted molar refractivity (Wildman–Crippen MR) is 99.9 cm³/mol. The quantitative estimate of drug-likeness (QED) is 0.770. The van der Waals surface area contributed by atoms with Crippen LogP contribution in [0.1, 0.15) is 18.4 Å². The monoisotopic (exact) mass is 387 g/mol. The molecular formula is C17H26ClN3O3S. The van der Waals surface area contributed by atoms with Gasteiger partial charge in [-0.1, -0.05) is 23.7 Å². The molecule has 25 heavy (non-hydrogen) atoms. The van der Waals surface area contributed by atoms with E-state index in [0.717, 1.165) is 13.0 Å². The van der Waals surface area contributed by atoms with Crippen LogP contribution in [0.5, 0.6) is 0 Å². The second kappa shape index (κ2) is 8.98. The molecule has 140 valence electrons. The number of sulfonamides is 1. The lowest BCUT2D eigenvalue weighted by Crippen LogP contribution is -2.46. The molecule has 1 saturated heterocycles. The van der Waals surface area contributed by atoms with Gasteiger partial charge in [0.25, 0.3) is 0 Å². The molecule has 0 spiro atoms. The third kappa shape index (κ3) is 6.26. The second-order valence-corrected chi connectivity index (χ2v) is 9.08. The first kappa shape index (κ1) is 20.2. The number of piperidine rings is 1. The van der Waals surface area contributed by atoms with E-state index < -0.39 is 10.0 Å². The van der Waals surface area contributed by atoms with Crippen LogP contribution < -0.4 is 5.32 Å². The van der Waals surface area contributed by atoms with Gasteiger partial charge in [-0.2, -0.15) is 0 Å². The highest BCUT2D eigenvalue weighted by Crippen LogP contribution is 2.22. The van der Waals surface area contributed by atoms with Crippen molar-refractivity contribution in [1.82, 2.24) is 14.5 Å². The average Bonchev–Trinajstić information content (AvgIpc) is 2.56. The molecule has 1 fully saturated rings. The van der Waals surface area contributed by atoms with Crippen molar-refractivity contribution in [2.45, 2.75) is 18.6 Å². The Kier molecular flexibility index (Phi) is 7.25. The zero-order chi connectivity index (χ0) is 18.4. The van der Waals surface area contributed by atoms with Crippen molar-refractivity contribution in [2.75, 3.05) is 40.3 Å². The largest absolute Gasteiger partial charge is 0.355 e. The molecule has 8 heteroatoms. The Morgan fingerprint density at radius 2 is 2.00 bits per heavy atom. The molecular weight excluding hydrogens is 362 g/mol. The number of rotatable bonds is 7. The summed E-state index contributed by atoms with van der Waals surface area (Å²) in [5.74, 6) is -0.414. The van der Waals surface area contributed by atoms with Crippen LogP contribution in [0.3, 0.4) is 0 Å². The van der Waals surface area contributed by atoms with Gasteiger partial charge in [-0.15, -0.1) is 0 Å². The van der Waals surface area contributed by atoms with Gasteiger partial charge in [-0.25, -0.2) is 12.7 Å². The fourth-order valence-corrected chi connectivity index (χ4v) is 4.58. The van der Waals surface area contributed by atoms with Crippen LogP contribution in [0.15, 0.2) is 24.3 Å². The van der Waals surface area contributed by atoms with Gasteiger partial charge in [0.1, 0.15) is 0 Å². The third-order valence-corrected chi connectivity index (χ3v) is 6.34. The number of hydrogen-bond acceptors (Lipinski definition) is 4. The van der Waals surface area contributed by atoms with E-state index in [2.05, 4.69) is 5.32 Å². The van der Waals surface area contributed by atoms with E-state index in [1.807, 2.05) is 19.0 Å². The minimum Gasteiger partial charge on any atom is -0.355 e. The lowest BCUT2D eigenvalue weighted by molar-refractivity contribution is -0.126. The van der Waals surface area contributed by atoms with E-state index in [1.165, 1.54) is 4.31 Å². The fourth-order valence-electron chi connectivity index (χ4n) is 2.84. The van der Waals surface area contributed by atoms with E-state index >= 15 is 0 Å². The average molecular weight is 388 g/mol. The summed E-state index contributed by atoms with van der Waals surface area (Å²) in [5.41, 5.74) is 0.696. The maximum absolute atomic E-state index is 12.7. The zero-order valence-electron chi connectivity index (χ0n) is 14.7. The van der Waals surface area contributed by atoms with Crippen molar-refractivity contribution in [1.29, 1.82) is 0 Å². The normalized spacial score (nSPS) is 19.1. The molecule has 1 N–H and O–H groups in total. The topological polar surface area (TPSA) is 69.7 Å². The van der Waals surface area contributed by atoms with E-state index in [1.54, 1.807) is 24.3 Å². The van der Waals surface area contributed by atoms with Gasteiger partial charge in [-0.05, 0) is 44.6 Å². The van der Waals surface area contributed by atoms with Gasteiger partial charge >= 0.3 is 0 Å². The van der Waals surface area contributed by atoms with Crippen molar-refractivity contribution in [3.63, 3.8) is 0 Å². The van der Waals surface area contributed by atoms with Crippen LogP contribution in [0.25, 0.3) is 0 Å². The van der Waals surface area contributed by atoms with Gasteiger partial charge in [-0.3, -0.25) is 4.79 Å². The van der Waals surface area contributed by atoms with E-state index in [4.69, 9.17) is 11.6 Å².